The molecule has 0 amide bonds. The number of fused-ring (bicyclic) bond motifs is 1. The molecule has 0 unspecified atom stereocenters. The first-order valence-corrected chi connectivity index (χ1v) is 8.05. The quantitative estimate of drug-likeness (QED) is 0.848. The second kappa shape index (κ2) is 5.05. The number of aromatic nitrogens is 3. The molecule has 2 aromatic rings. The number of rotatable bonds is 2. The van der Waals surface area contributed by atoms with E-state index in [0.29, 0.717) is 17.4 Å². The van der Waals surface area contributed by atoms with Gasteiger partial charge in [-0.3, -0.25) is 0 Å². The molecular weight excluding hydrogens is 290 g/mol. The lowest BCUT2D eigenvalue weighted by molar-refractivity contribution is 0.299. The Balaban J connectivity index is 1.74. The summed E-state index contributed by atoms with van der Waals surface area (Å²) in [5.41, 5.74) is 1.56. The molecule has 2 fully saturated rings. The van der Waals surface area contributed by atoms with Gasteiger partial charge in [0.15, 0.2) is 0 Å². The van der Waals surface area contributed by atoms with Gasteiger partial charge in [-0.2, -0.15) is 5.26 Å². The first-order valence-electron chi connectivity index (χ1n) is 8.05. The van der Waals surface area contributed by atoms with E-state index in [1.165, 1.54) is 6.42 Å². The second-order valence-electron chi connectivity index (χ2n) is 6.69. The summed E-state index contributed by atoms with van der Waals surface area (Å²) in [6.07, 6.45) is 5.19. The highest BCUT2D eigenvalue weighted by Gasteiger charge is 2.54. The van der Waals surface area contributed by atoms with Crippen LogP contribution in [0.5, 0.6) is 0 Å². The molecule has 0 spiro atoms. The van der Waals surface area contributed by atoms with Gasteiger partial charge in [-0.05, 0) is 37.3 Å². The monoisotopic (exact) mass is 309 g/mol. The van der Waals surface area contributed by atoms with Crippen LogP contribution in [0.1, 0.15) is 42.2 Å². The van der Waals surface area contributed by atoms with Crippen molar-refractivity contribution >= 4 is 5.82 Å². The number of hydrogen-bond donors (Lipinski definition) is 0. The molecule has 3 heterocycles. The van der Waals surface area contributed by atoms with E-state index in [1.807, 2.05) is 19.9 Å². The van der Waals surface area contributed by atoms with Crippen LogP contribution in [0.15, 0.2) is 16.7 Å². The Labute approximate surface area is 135 Å². The van der Waals surface area contributed by atoms with Crippen LogP contribution in [0, 0.1) is 31.1 Å². The number of aryl methyl sites for hydroxylation is 2. The molecule has 2 atom stereocenters. The topological polar surface area (TPSA) is 78.8 Å². The Morgan fingerprint density at radius 2 is 2.26 bits per heavy atom. The zero-order chi connectivity index (χ0) is 16.0. The van der Waals surface area contributed by atoms with Crippen LogP contribution in [0.4, 0.5) is 5.82 Å². The maximum absolute atomic E-state index is 9.49. The lowest BCUT2D eigenvalue weighted by atomic mass is 9.80. The molecule has 6 heteroatoms. The minimum Gasteiger partial charge on any atom is -0.425 e. The van der Waals surface area contributed by atoms with Crippen molar-refractivity contribution in [1.29, 1.82) is 5.26 Å². The molecule has 2 aliphatic rings. The Kier molecular flexibility index (Phi) is 3.12. The number of anilines is 1. The van der Waals surface area contributed by atoms with Gasteiger partial charge in [0.05, 0.1) is 11.0 Å². The summed E-state index contributed by atoms with van der Waals surface area (Å²) in [4.78, 5) is 6.72. The van der Waals surface area contributed by atoms with Crippen molar-refractivity contribution in [1.82, 2.24) is 15.2 Å². The number of nitriles is 1. The molecule has 0 radical (unpaired) electrons. The largest absolute Gasteiger partial charge is 0.425 e. The first-order chi connectivity index (χ1) is 11.1. The van der Waals surface area contributed by atoms with Crippen molar-refractivity contribution in [3.05, 3.63) is 35.2 Å². The zero-order valence-electron chi connectivity index (χ0n) is 13.4. The van der Waals surface area contributed by atoms with Gasteiger partial charge in [0.1, 0.15) is 11.9 Å². The van der Waals surface area contributed by atoms with Crippen LogP contribution in [-0.2, 0) is 5.41 Å². The zero-order valence-corrected chi connectivity index (χ0v) is 13.4. The van der Waals surface area contributed by atoms with Crippen LogP contribution in [0.2, 0.25) is 0 Å². The molecule has 0 aromatic carbocycles. The van der Waals surface area contributed by atoms with Gasteiger partial charge in [0.25, 0.3) is 0 Å². The second-order valence-corrected chi connectivity index (χ2v) is 6.69. The third-order valence-corrected chi connectivity index (χ3v) is 5.37. The van der Waals surface area contributed by atoms with E-state index < -0.39 is 0 Å². The van der Waals surface area contributed by atoms with E-state index in [9.17, 15) is 5.26 Å². The fraction of sp³-hybridized carbons (Fsp3) is 0.529. The predicted molar refractivity (Wildman–Crippen MR) is 84.0 cm³/mol. The Morgan fingerprint density at radius 3 is 3.00 bits per heavy atom. The van der Waals surface area contributed by atoms with Gasteiger partial charge in [-0.1, -0.05) is 6.42 Å². The van der Waals surface area contributed by atoms with Gasteiger partial charge >= 0.3 is 0 Å². The average Bonchev–Trinajstić information content (AvgIpc) is 3.20. The van der Waals surface area contributed by atoms with Gasteiger partial charge in [-0.15, -0.1) is 10.2 Å². The summed E-state index contributed by atoms with van der Waals surface area (Å²) in [6, 6.07) is 4.19. The molecule has 118 valence electrons. The van der Waals surface area contributed by atoms with Crippen molar-refractivity contribution < 1.29 is 4.42 Å². The van der Waals surface area contributed by atoms with Gasteiger partial charge in [0, 0.05) is 26.2 Å². The van der Waals surface area contributed by atoms with Crippen molar-refractivity contribution in [2.24, 2.45) is 5.92 Å². The molecule has 6 nitrogen and oxygen atoms in total. The minimum atomic E-state index is -0.0839. The summed E-state index contributed by atoms with van der Waals surface area (Å²) in [5, 5.41) is 17.8. The van der Waals surface area contributed by atoms with E-state index in [2.05, 4.69) is 26.2 Å². The number of hydrogen-bond acceptors (Lipinski definition) is 6. The smallest absolute Gasteiger partial charge is 0.224 e. The normalized spacial score (nSPS) is 26.3. The van der Waals surface area contributed by atoms with Gasteiger partial charge < -0.3 is 9.32 Å². The van der Waals surface area contributed by atoms with Crippen molar-refractivity contribution in [2.45, 2.75) is 38.5 Å². The van der Waals surface area contributed by atoms with Crippen LogP contribution in [0.25, 0.3) is 0 Å². The molecule has 4 rings (SSSR count). The molecule has 1 aliphatic carbocycles. The fourth-order valence-corrected chi connectivity index (χ4v) is 4.22. The van der Waals surface area contributed by atoms with Crippen LogP contribution < -0.4 is 4.90 Å². The lowest BCUT2D eigenvalue weighted by Crippen LogP contribution is -2.32. The molecule has 0 bridgehead atoms. The van der Waals surface area contributed by atoms with E-state index >= 15 is 0 Å². The molecule has 23 heavy (non-hydrogen) atoms. The van der Waals surface area contributed by atoms with Crippen LogP contribution in [-0.4, -0.2) is 28.3 Å². The fourth-order valence-electron chi connectivity index (χ4n) is 4.22. The van der Waals surface area contributed by atoms with Crippen LogP contribution >= 0.6 is 0 Å². The highest BCUT2D eigenvalue weighted by atomic mass is 16.4. The molecule has 1 saturated heterocycles. The van der Waals surface area contributed by atoms with Crippen LogP contribution in [0.3, 0.4) is 0 Å². The average molecular weight is 309 g/mol. The van der Waals surface area contributed by atoms with E-state index in [1.54, 1.807) is 6.20 Å². The number of pyridine rings is 1. The minimum absolute atomic E-state index is 0.0839. The highest BCUT2D eigenvalue weighted by Crippen LogP contribution is 2.50. The van der Waals surface area contributed by atoms with E-state index in [-0.39, 0.29) is 5.41 Å². The molecular formula is C17H19N5O. The van der Waals surface area contributed by atoms with Crippen molar-refractivity contribution in [3.63, 3.8) is 0 Å². The third-order valence-electron chi connectivity index (χ3n) is 5.37. The Morgan fingerprint density at radius 1 is 1.39 bits per heavy atom. The maximum Gasteiger partial charge on any atom is 0.224 e. The SMILES string of the molecule is Cc1nnc([C@]23CCC[C@H]2CN(c2nccc(C)c2C#N)C3)o1. The Hall–Kier alpha value is -2.42. The summed E-state index contributed by atoms with van der Waals surface area (Å²) in [7, 11) is 0. The summed E-state index contributed by atoms with van der Waals surface area (Å²) < 4.78 is 5.80. The molecule has 2 aromatic heterocycles. The standard InChI is InChI=1S/C17H19N5O/c1-11-5-7-19-15(14(11)8-18)22-9-13-4-3-6-17(13,10-22)16-21-20-12(2)23-16/h5,7,13H,3-4,6,9-10H2,1-2H3/t13-,17-/m0/s1. The first kappa shape index (κ1) is 14.2. The molecule has 0 N–H and O–H groups in total. The number of nitrogens with zero attached hydrogens (tertiary/aromatic N) is 5. The summed E-state index contributed by atoms with van der Waals surface area (Å²) in [6.45, 7) is 5.48. The third kappa shape index (κ3) is 2.03. The molecule has 1 saturated carbocycles. The van der Waals surface area contributed by atoms with Crippen molar-refractivity contribution in [2.75, 3.05) is 18.0 Å². The maximum atomic E-state index is 9.49. The van der Waals surface area contributed by atoms with E-state index in [4.69, 9.17) is 4.42 Å². The Bertz CT molecular complexity index is 793. The summed E-state index contributed by atoms with van der Waals surface area (Å²) in [5.74, 6) is 2.64. The highest BCUT2D eigenvalue weighted by molar-refractivity contribution is 5.58. The summed E-state index contributed by atoms with van der Waals surface area (Å²) >= 11 is 0. The molecule has 1 aliphatic heterocycles. The predicted octanol–water partition coefficient (Wildman–Crippen LogP) is 2.51. The lowest BCUT2D eigenvalue weighted by Gasteiger charge is -2.25. The van der Waals surface area contributed by atoms with E-state index in [0.717, 1.165) is 43.2 Å². The van der Waals surface area contributed by atoms with Crippen molar-refractivity contribution in [3.8, 4) is 6.07 Å². The van der Waals surface area contributed by atoms with Gasteiger partial charge in [-0.25, -0.2) is 4.98 Å². The van der Waals surface area contributed by atoms with Gasteiger partial charge in [0.2, 0.25) is 11.8 Å².